The summed E-state index contributed by atoms with van der Waals surface area (Å²) in [6.45, 7) is 2.17. The first kappa shape index (κ1) is 15.7. The molecule has 19 heavy (non-hydrogen) atoms. The van der Waals surface area contributed by atoms with Crippen LogP contribution in [0.2, 0.25) is 0 Å². The number of ketones is 1. The van der Waals surface area contributed by atoms with Gasteiger partial charge in [0.25, 0.3) is 0 Å². The summed E-state index contributed by atoms with van der Waals surface area (Å²) in [5.41, 5.74) is 0. The molecular weight excluding hydrogens is 376 g/mol. The number of Topliss-reactive ketones (excluding diaryl/α,β-unsaturated/α-hetero) is 1. The third-order valence-corrected chi connectivity index (χ3v) is 6.74. The van der Waals surface area contributed by atoms with E-state index < -0.39 is 5.79 Å². The Kier molecular flexibility index (Phi) is 4.92. The van der Waals surface area contributed by atoms with Crippen molar-refractivity contribution >= 4 is 37.6 Å². The van der Waals surface area contributed by atoms with Gasteiger partial charge in [-0.3, -0.25) is 4.79 Å². The van der Waals surface area contributed by atoms with Crippen LogP contribution in [0.3, 0.4) is 0 Å². The van der Waals surface area contributed by atoms with Crippen molar-refractivity contribution in [1.29, 1.82) is 0 Å². The smallest absolute Gasteiger partial charge is 0.190 e. The number of carbonyl (C=O) groups excluding carboxylic acids is 1. The summed E-state index contributed by atoms with van der Waals surface area (Å²) < 4.78 is 13.2. The molecule has 2 aliphatic rings. The van der Waals surface area contributed by atoms with E-state index in [2.05, 4.69) is 38.8 Å². The zero-order valence-corrected chi connectivity index (χ0v) is 14.7. The molecule has 0 saturated heterocycles. The van der Waals surface area contributed by atoms with Crippen LogP contribution in [0.1, 0.15) is 32.6 Å². The van der Waals surface area contributed by atoms with Gasteiger partial charge in [0.2, 0.25) is 0 Å². The number of halogens is 2. The lowest BCUT2D eigenvalue weighted by Crippen LogP contribution is -2.41. The maximum Gasteiger partial charge on any atom is 0.190 e. The molecule has 5 heteroatoms. The summed E-state index contributed by atoms with van der Waals surface area (Å²) in [5.74, 6) is -0.919. The van der Waals surface area contributed by atoms with Gasteiger partial charge in [0.1, 0.15) is 11.7 Å². The van der Waals surface area contributed by atoms with Crippen molar-refractivity contribution in [3.05, 3.63) is 8.96 Å². The molecule has 0 aromatic rings. The summed E-state index contributed by atoms with van der Waals surface area (Å²) in [7, 11) is 3.24. The highest BCUT2D eigenvalue weighted by Gasteiger charge is 2.67. The average molecular weight is 396 g/mol. The second-order valence-corrected chi connectivity index (χ2v) is 6.95. The van der Waals surface area contributed by atoms with Gasteiger partial charge in [-0.05, 0) is 6.42 Å². The monoisotopic (exact) mass is 394 g/mol. The Labute approximate surface area is 131 Å². The number of hydrogen-bond acceptors (Lipinski definition) is 3. The van der Waals surface area contributed by atoms with E-state index in [1.54, 1.807) is 14.2 Å². The van der Waals surface area contributed by atoms with Gasteiger partial charge in [-0.15, -0.1) is 0 Å². The SMILES string of the molecule is CCCCC[C@@H]1C(=O)[C@@H]2C(Br)=C(Br)[C@H]1C2(OC)OC. The van der Waals surface area contributed by atoms with E-state index in [-0.39, 0.29) is 23.5 Å². The Hall–Kier alpha value is 0.290. The predicted molar refractivity (Wildman–Crippen MR) is 81.2 cm³/mol. The van der Waals surface area contributed by atoms with Crippen LogP contribution in [0.25, 0.3) is 0 Å². The van der Waals surface area contributed by atoms with E-state index in [1.807, 2.05) is 0 Å². The Balaban J connectivity index is 2.29. The highest BCUT2D eigenvalue weighted by Crippen LogP contribution is 2.62. The van der Waals surface area contributed by atoms with Crippen molar-refractivity contribution in [1.82, 2.24) is 0 Å². The van der Waals surface area contributed by atoms with Crippen molar-refractivity contribution in [2.75, 3.05) is 14.2 Å². The van der Waals surface area contributed by atoms with Crippen LogP contribution in [-0.4, -0.2) is 25.8 Å². The second kappa shape index (κ2) is 5.96. The number of ether oxygens (including phenoxy) is 2. The summed E-state index contributed by atoms with van der Waals surface area (Å²) in [6.07, 6.45) is 4.32. The maximum absolute atomic E-state index is 12.6. The van der Waals surface area contributed by atoms with Gasteiger partial charge >= 0.3 is 0 Å². The number of methoxy groups -OCH3 is 2. The topological polar surface area (TPSA) is 35.5 Å². The Morgan fingerprint density at radius 2 is 1.79 bits per heavy atom. The van der Waals surface area contributed by atoms with Crippen molar-refractivity contribution < 1.29 is 14.3 Å². The molecule has 2 aliphatic carbocycles. The lowest BCUT2D eigenvalue weighted by Gasteiger charge is -2.32. The summed E-state index contributed by atoms with van der Waals surface area (Å²) >= 11 is 7.14. The molecule has 0 heterocycles. The number of fused-ring (bicyclic) bond motifs is 2. The molecular formula is C14H20Br2O3. The highest BCUT2D eigenvalue weighted by atomic mass is 79.9. The first-order valence-electron chi connectivity index (χ1n) is 6.74. The molecule has 1 saturated carbocycles. The molecule has 3 atom stereocenters. The van der Waals surface area contributed by atoms with Crippen LogP contribution in [0.5, 0.6) is 0 Å². The second-order valence-electron chi connectivity index (χ2n) is 5.24. The molecule has 1 fully saturated rings. The molecule has 0 aromatic heterocycles. The van der Waals surface area contributed by atoms with Gasteiger partial charge in [-0.1, -0.05) is 58.0 Å². The van der Waals surface area contributed by atoms with Crippen LogP contribution < -0.4 is 0 Å². The minimum atomic E-state index is -0.828. The largest absolute Gasteiger partial charge is 0.351 e. The predicted octanol–water partition coefficient (Wildman–Crippen LogP) is 4.00. The number of rotatable bonds is 6. The maximum atomic E-state index is 12.6. The third-order valence-electron chi connectivity index (χ3n) is 4.40. The summed E-state index contributed by atoms with van der Waals surface area (Å²) in [6, 6.07) is 0. The molecule has 0 aromatic carbocycles. The fourth-order valence-corrected chi connectivity index (χ4v) is 5.13. The molecule has 0 radical (unpaired) electrons. The fourth-order valence-electron chi connectivity index (χ4n) is 3.47. The molecule has 2 bridgehead atoms. The van der Waals surface area contributed by atoms with E-state index in [1.165, 1.54) is 0 Å². The van der Waals surface area contributed by atoms with Crippen LogP contribution in [0.15, 0.2) is 8.96 Å². The standard InChI is InChI=1S/C14H20Br2O3/c1-4-5-6-7-8-9-11(15)12(16)10(13(8)17)14(9,18-2)19-3/h8-10H,4-7H2,1-3H3/t8-,9-,10-/m0/s1. The third kappa shape index (κ3) is 2.17. The molecule has 2 rings (SSSR count). The molecule has 108 valence electrons. The normalized spacial score (nSPS) is 32.5. The number of unbranched alkanes of at least 4 members (excludes halogenated alkanes) is 2. The van der Waals surface area contributed by atoms with Gasteiger partial charge in [0.15, 0.2) is 5.79 Å². The van der Waals surface area contributed by atoms with E-state index >= 15 is 0 Å². The van der Waals surface area contributed by atoms with Crippen molar-refractivity contribution in [3.63, 3.8) is 0 Å². The van der Waals surface area contributed by atoms with E-state index in [0.29, 0.717) is 0 Å². The molecule has 3 nitrogen and oxygen atoms in total. The molecule has 0 unspecified atom stereocenters. The minimum Gasteiger partial charge on any atom is -0.351 e. The Morgan fingerprint density at radius 3 is 2.26 bits per heavy atom. The molecule has 0 aliphatic heterocycles. The van der Waals surface area contributed by atoms with Crippen LogP contribution in [0.4, 0.5) is 0 Å². The Morgan fingerprint density at radius 1 is 1.16 bits per heavy atom. The number of hydrogen-bond donors (Lipinski definition) is 0. The first-order valence-corrected chi connectivity index (χ1v) is 8.32. The van der Waals surface area contributed by atoms with E-state index in [9.17, 15) is 4.79 Å². The van der Waals surface area contributed by atoms with Crippen molar-refractivity contribution in [3.8, 4) is 0 Å². The van der Waals surface area contributed by atoms with Crippen LogP contribution >= 0.6 is 31.9 Å². The minimum absolute atomic E-state index is 0.00660. The summed E-state index contributed by atoms with van der Waals surface area (Å²) in [5, 5.41) is 0. The Bertz CT molecular complexity index is 401. The van der Waals surface area contributed by atoms with Gasteiger partial charge in [-0.25, -0.2) is 0 Å². The van der Waals surface area contributed by atoms with E-state index in [4.69, 9.17) is 9.47 Å². The highest BCUT2D eigenvalue weighted by molar-refractivity contribution is 9.14. The zero-order chi connectivity index (χ0) is 14.2. The average Bonchev–Trinajstić information content (AvgIpc) is 2.78. The first-order chi connectivity index (χ1) is 9.05. The lowest BCUT2D eigenvalue weighted by atomic mass is 9.87. The van der Waals surface area contributed by atoms with Crippen molar-refractivity contribution in [2.45, 2.75) is 38.4 Å². The van der Waals surface area contributed by atoms with E-state index in [0.717, 1.165) is 34.6 Å². The van der Waals surface area contributed by atoms with Gasteiger partial charge in [-0.2, -0.15) is 0 Å². The van der Waals surface area contributed by atoms with Crippen LogP contribution in [0, 0.1) is 17.8 Å². The molecule has 0 amide bonds. The molecule has 0 spiro atoms. The quantitative estimate of drug-likeness (QED) is 0.503. The number of carbonyl (C=O) groups is 1. The summed E-state index contributed by atoms with van der Waals surface area (Å²) in [4.78, 5) is 12.6. The van der Waals surface area contributed by atoms with Crippen molar-refractivity contribution in [2.24, 2.45) is 17.8 Å². The van der Waals surface area contributed by atoms with Gasteiger partial charge in [0.05, 0.1) is 5.92 Å². The van der Waals surface area contributed by atoms with Gasteiger partial charge < -0.3 is 9.47 Å². The fraction of sp³-hybridized carbons (Fsp3) is 0.786. The zero-order valence-electron chi connectivity index (χ0n) is 11.5. The molecule has 0 N–H and O–H groups in total. The lowest BCUT2D eigenvalue weighted by molar-refractivity contribution is -0.232. The van der Waals surface area contributed by atoms with Gasteiger partial charge in [0, 0.05) is 29.1 Å². The van der Waals surface area contributed by atoms with Crippen LogP contribution in [-0.2, 0) is 14.3 Å².